The van der Waals surface area contributed by atoms with Crippen LogP contribution in [-0.2, 0) is 11.8 Å². The topological polar surface area (TPSA) is 12.0 Å². The van der Waals surface area contributed by atoms with Gasteiger partial charge in [-0.25, -0.2) is 0 Å². The van der Waals surface area contributed by atoms with Crippen LogP contribution in [0.5, 0.6) is 0 Å². The average molecular weight is 271 g/mol. The van der Waals surface area contributed by atoms with E-state index in [2.05, 4.69) is 43.4 Å². The number of hydrogen-bond donors (Lipinski definition) is 1. The molecule has 0 bridgehead atoms. The highest BCUT2D eigenvalue weighted by Gasteiger charge is 2.37. The quantitative estimate of drug-likeness (QED) is 0.806. The first-order valence-electron chi connectivity index (χ1n) is 8.51. The molecule has 0 aliphatic heterocycles. The van der Waals surface area contributed by atoms with E-state index in [-0.39, 0.29) is 0 Å². The summed E-state index contributed by atoms with van der Waals surface area (Å²) in [5.41, 5.74) is 3.67. The van der Waals surface area contributed by atoms with Gasteiger partial charge in [-0.2, -0.15) is 0 Å². The summed E-state index contributed by atoms with van der Waals surface area (Å²) in [6, 6.07) is 10.0. The molecule has 2 aliphatic carbocycles. The maximum Gasteiger partial charge on any atom is 0.00808 e. The molecule has 20 heavy (non-hydrogen) atoms. The van der Waals surface area contributed by atoms with Crippen molar-refractivity contribution in [1.29, 1.82) is 0 Å². The summed E-state index contributed by atoms with van der Waals surface area (Å²) >= 11 is 0. The SMILES string of the molecule is CC(C)CCC1(CNC2CC2)CCCc2ccccc21. The summed E-state index contributed by atoms with van der Waals surface area (Å²) in [6.45, 7) is 5.91. The Labute approximate surface area is 124 Å². The summed E-state index contributed by atoms with van der Waals surface area (Å²) in [6.07, 6.45) is 9.49. The van der Waals surface area contributed by atoms with Gasteiger partial charge in [-0.3, -0.25) is 0 Å². The molecule has 0 saturated heterocycles. The van der Waals surface area contributed by atoms with Gasteiger partial charge in [-0.05, 0) is 55.6 Å². The van der Waals surface area contributed by atoms with Crippen molar-refractivity contribution < 1.29 is 0 Å². The second kappa shape index (κ2) is 5.89. The Morgan fingerprint density at radius 2 is 2.05 bits per heavy atom. The molecule has 3 rings (SSSR count). The third kappa shape index (κ3) is 3.09. The maximum absolute atomic E-state index is 3.83. The Morgan fingerprint density at radius 1 is 1.25 bits per heavy atom. The Morgan fingerprint density at radius 3 is 2.80 bits per heavy atom. The van der Waals surface area contributed by atoms with E-state index < -0.39 is 0 Å². The lowest BCUT2D eigenvalue weighted by molar-refractivity contribution is 0.293. The molecule has 1 unspecified atom stereocenters. The van der Waals surface area contributed by atoms with Gasteiger partial charge in [0, 0.05) is 18.0 Å². The molecule has 1 saturated carbocycles. The monoisotopic (exact) mass is 271 g/mol. The van der Waals surface area contributed by atoms with E-state index in [9.17, 15) is 0 Å². The van der Waals surface area contributed by atoms with E-state index in [4.69, 9.17) is 0 Å². The normalized spacial score (nSPS) is 25.8. The molecule has 0 aromatic heterocycles. The van der Waals surface area contributed by atoms with Crippen molar-refractivity contribution in [1.82, 2.24) is 5.32 Å². The smallest absolute Gasteiger partial charge is 0.00808 e. The predicted molar refractivity (Wildman–Crippen MR) is 86.2 cm³/mol. The molecular formula is C19H29N. The standard InChI is InChI=1S/C19H29N/c1-15(2)11-13-19(14-20-17-9-10-17)12-5-7-16-6-3-4-8-18(16)19/h3-4,6,8,15,17,20H,5,7,9-14H2,1-2H3. The molecule has 1 atom stereocenters. The fourth-order valence-corrected chi connectivity index (χ4v) is 3.73. The molecule has 1 N–H and O–H groups in total. The average Bonchev–Trinajstić information content (AvgIpc) is 3.27. The zero-order valence-corrected chi connectivity index (χ0v) is 13.1. The minimum atomic E-state index is 0.404. The fourth-order valence-electron chi connectivity index (χ4n) is 3.73. The lowest BCUT2D eigenvalue weighted by Crippen LogP contribution is -2.42. The van der Waals surface area contributed by atoms with Gasteiger partial charge in [0.1, 0.15) is 0 Å². The third-order valence-corrected chi connectivity index (χ3v) is 5.20. The van der Waals surface area contributed by atoms with Crippen LogP contribution < -0.4 is 5.32 Å². The molecule has 0 radical (unpaired) electrons. The van der Waals surface area contributed by atoms with Crippen LogP contribution in [0.25, 0.3) is 0 Å². The first kappa shape index (κ1) is 14.1. The van der Waals surface area contributed by atoms with E-state index in [1.165, 1.54) is 51.5 Å². The van der Waals surface area contributed by atoms with Crippen molar-refractivity contribution in [2.24, 2.45) is 5.92 Å². The van der Waals surface area contributed by atoms with Crippen LogP contribution >= 0.6 is 0 Å². The minimum Gasteiger partial charge on any atom is -0.313 e. The van der Waals surface area contributed by atoms with Gasteiger partial charge in [0.25, 0.3) is 0 Å². The highest BCUT2D eigenvalue weighted by molar-refractivity contribution is 5.37. The first-order valence-corrected chi connectivity index (χ1v) is 8.51. The minimum absolute atomic E-state index is 0.404. The van der Waals surface area contributed by atoms with E-state index in [1.807, 2.05) is 0 Å². The Hall–Kier alpha value is -0.820. The second-order valence-electron chi connectivity index (χ2n) is 7.38. The van der Waals surface area contributed by atoms with Gasteiger partial charge < -0.3 is 5.32 Å². The van der Waals surface area contributed by atoms with Crippen molar-refractivity contribution in [3.63, 3.8) is 0 Å². The number of rotatable bonds is 6. The zero-order chi connectivity index (χ0) is 14.0. The highest BCUT2D eigenvalue weighted by atomic mass is 15.0. The molecule has 1 aromatic carbocycles. The number of hydrogen-bond acceptors (Lipinski definition) is 1. The van der Waals surface area contributed by atoms with Gasteiger partial charge in [0.15, 0.2) is 0 Å². The first-order chi connectivity index (χ1) is 9.70. The largest absolute Gasteiger partial charge is 0.313 e. The van der Waals surface area contributed by atoms with Crippen molar-refractivity contribution >= 4 is 0 Å². The van der Waals surface area contributed by atoms with Crippen LogP contribution in [-0.4, -0.2) is 12.6 Å². The zero-order valence-electron chi connectivity index (χ0n) is 13.1. The molecule has 1 nitrogen and oxygen atoms in total. The third-order valence-electron chi connectivity index (χ3n) is 5.20. The van der Waals surface area contributed by atoms with Crippen LogP contribution in [0.2, 0.25) is 0 Å². The summed E-state index contributed by atoms with van der Waals surface area (Å²) in [7, 11) is 0. The molecule has 1 aromatic rings. The van der Waals surface area contributed by atoms with E-state index in [1.54, 1.807) is 11.1 Å². The van der Waals surface area contributed by atoms with Crippen molar-refractivity contribution in [2.45, 2.75) is 70.3 Å². The summed E-state index contributed by atoms with van der Waals surface area (Å²) < 4.78 is 0. The van der Waals surface area contributed by atoms with Gasteiger partial charge in [0.05, 0.1) is 0 Å². The van der Waals surface area contributed by atoms with E-state index in [0.717, 1.165) is 12.0 Å². The Bertz CT molecular complexity index is 439. The van der Waals surface area contributed by atoms with Crippen molar-refractivity contribution in [3.8, 4) is 0 Å². The number of aryl methyl sites for hydroxylation is 1. The molecule has 110 valence electrons. The molecule has 0 amide bonds. The summed E-state index contributed by atoms with van der Waals surface area (Å²) in [4.78, 5) is 0. The predicted octanol–water partition coefficient (Wildman–Crippen LogP) is 4.45. The number of benzene rings is 1. The van der Waals surface area contributed by atoms with Gasteiger partial charge >= 0.3 is 0 Å². The van der Waals surface area contributed by atoms with Crippen LogP contribution in [0.4, 0.5) is 0 Å². The summed E-state index contributed by atoms with van der Waals surface area (Å²) in [5.74, 6) is 0.807. The second-order valence-corrected chi connectivity index (χ2v) is 7.38. The Balaban J connectivity index is 1.83. The van der Waals surface area contributed by atoms with E-state index >= 15 is 0 Å². The molecule has 1 fully saturated rings. The maximum atomic E-state index is 3.83. The van der Waals surface area contributed by atoms with Crippen molar-refractivity contribution in [2.75, 3.05) is 6.54 Å². The lowest BCUT2D eigenvalue weighted by atomic mass is 9.66. The lowest BCUT2D eigenvalue weighted by Gasteiger charge is -2.40. The van der Waals surface area contributed by atoms with E-state index in [0.29, 0.717) is 5.41 Å². The van der Waals surface area contributed by atoms with Crippen LogP contribution in [0, 0.1) is 5.92 Å². The van der Waals surface area contributed by atoms with Gasteiger partial charge in [0.2, 0.25) is 0 Å². The van der Waals surface area contributed by atoms with Gasteiger partial charge in [-0.1, -0.05) is 44.5 Å². The van der Waals surface area contributed by atoms with Gasteiger partial charge in [-0.15, -0.1) is 0 Å². The highest BCUT2D eigenvalue weighted by Crippen LogP contribution is 2.41. The molecule has 1 heteroatoms. The molecule has 2 aliphatic rings. The van der Waals surface area contributed by atoms with Crippen LogP contribution in [0.1, 0.15) is 63.5 Å². The van der Waals surface area contributed by atoms with Crippen LogP contribution in [0.3, 0.4) is 0 Å². The number of fused-ring (bicyclic) bond motifs is 1. The van der Waals surface area contributed by atoms with Crippen molar-refractivity contribution in [3.05, 3.63) is 35.4 Å². The molecule has 0 spiro atoms. The number of nitrogens with one attached hydrogen (secondary N) is 1. The summed E-state index contributed by atoms with van der Waals surface area (Å²) in [5, 5.41) is 3.83. The molecular weight excluding hydrogens is 242 g/mol. The Kier molecular flexibility index (Phi) is 4.16. The molecule has 0 heterocycles. The fraction of sp³-hybridized carbons (Fsp3) is 0.684. The van der Waals surface area contributed by atoms with Crippen LogP contribution in [0.15, 0.2) is 24.3 Å².